The summed E-state index contributed by atoms with van der Waals surface area (Å²) in [5.74, 6) is -0.147. The van der Waals surface area contributed by atoms with Gasteiger partial charge in [-0.3, -0.25) is 14.7 Å². The van der Waals surface area contributed by atoms with Crippen LogP contribution in [0.3, 0.4) is 0 Å². The maximum atomic E-state index is 13.1. The van der Waals surface area contributed by atoms with Crippen LogP contribution in [0.1, 0.15) is 58.4 Å². The van der Waals surface area contributed by atoms with Crippen molar-refractivity contribution in [2.24, 2.45) is 5.73 Å². The molecule has 6 nitrogen and oxygen atoms in total. The van der Waals surface area contributed by atoms with Crippen molar-refractivity contribution in [2.45, 2.75) is 37.5 Å². The van der Waals surface area contributed by atoms with Crippen LogP contribution in [-0.2, 0) is 11.2 Å². The molecule has 1 aliphatic heterocycles. The average Bonchev–Trinajstić information content (AvgIpc) is 3.28. The van der Waals surface area contributed by atoms with Gasteiger partial charge >= 0.3 is 0 Å². The van der Waals surface area contributed by atoms with Gasteiger partial charge in [-0.05, 0) is 42.9 Å². The van der Waals surface area contributed by atoms with Crippen LogP contribution in [0.25, 0.3) is 0 Å². The molecular weight excluding hydrogens is 316 g/mol. The van der Waals surface area contributed by atoms with Crippen molar-refractivity contribution in [1.29, 1.82) is 0 Å². The summed E-state index contributed by atoms with van der Waals surface area (Å²) in [6.45, 7) is 1.46. The van der Waals surface area contributed by atoms with E-state index in [9.17, 15) is 9.59 Å². The number of aryl methyl sites for hydroxylation is 1. The number of carbonyl (C=O) groups is 2. The summed E-state index contributed by atoms with van der Waals surface area (Å²) in [5.41, 5.74) is 8.90. The molecule has 1 aliphatic carbocycles. The number of fused-ring (bicyclic) bond motifs is 1. The molecule has 130 valence electrons. The first kappa shape index (κ1) is 15.9. The summed E-state index contributed by atoms with van der Waals surface area (Å²) in [7, 11) is 0. The lowest BCUT2D eigenvalue weighted by Crippen LogP contribution is -2.41. The Balaban J connectivity index is 1.49. The van der Waals surface area contributed by atoms with Crippen LogP contribution in [0.4, 0.5) is 0 Å². The Morgan fingerprint density at radius 3 is 2.88 bits per heavy atom. The van der Waals surface area contributed by atoms with E-state index in [0.717, 1.165) is 37.9 Å². The molecule has 0 bridgehead atoms. The van der Waals surface area contributed by atoms with Gasteiger partial charge in [0, 0.05) is 24.7 Å². The molecule has 0 spiro atoms. The van der Waals surface area contributed by atoms with Crippen molar-refractivity contribution in [1.82, 2.24) is 15.1 Å². The first-order chi connectivity index (χ1) is 12.1. The quantitative estimate of drug-likeness (QED) is 0.896. The van der Waals surface area contributed by atoms with E-state index in [-0.39, 0.29) is 23.4 Å². The van der Waals surface area contributed by atoms with Crippen LogP contribution in [0.5, 0.6) is 0 Å². The highest BCUT2D eigenvalue weighted by atomic mass is 16.2. The largest absolute Gasteiger partial charge is 0.364 e. The van der Waals surface area contributed by atoms with Gasteiger partial charge in [0.05, 0.1) is 5.92 Å². The Labute approximate surface area is 146 Å². The third kappa shape index (κ3) is 2.92. The predicted molar refractivity (Wildman–Crippen MR) is 93.2 cm³/mol. The number of hydrogen-bond acceptors (Lipinski definition) is 3. The number of amides is 2. The molecule has 2 heterocycles. The fraction of sp³-hybridized carbons (Fsp3) is 0.421. The van der Waals surface area contributed by atoms with E-state index in [0.29, 0.717) is 6.54 Å². The van der Waals surface area contributed by atoms with E-state index in [1.807, 2.05) is 17.0 Å². The molecule has 2 unspecified atom stereocenters. The molecule has 1 fully saturated rings. The minimum absolute atomic E-state index is 0.0158. The number of H-pyrrole nitrogens is 1. The van der Waals surface area contributed by atoms with Crippen LogP contribution in [0, 0.1) is 0 Å². The minimum atomic E-state index is -0.534. The van der Waals surface area contributed by atoms with Crippen molar-refractivity contribution in [3.63, 3.8) is 0 Å². The van der Waals surface area contributed by atoms with Crippen LogP contribution < -0.4 is 5.73 Å². The lowest BCUT2D eigenvalue weighted by atomic mass is 9.92. The Hall–Kier alpha value is -2.63. The molecule has 25 heavy (non-hydrogen) atoms. The number of hydrogen-bond donors (Lipinski definition) is 2. The monoisotopic (exact) mass is 338 g/mol. The molecule has 0 radical (unpaired) electrons. The van der Waals surface area contributed by atoms with Crippen molar-refractivity contribution >= 4 is 11.8 Å². The molecule has 1 aromatic heterocycles. The number of rotatable bonds is 3. The standard InChI is InChI=1S/C19H22N4O2/c20-18(24)17-10-16(21-22-17)13-5-3-9-23(11-13)19(25)15-8-7-12-4-1-2-6-14(12)15/h1-2,4,6,10,13,15H,3,5,7-9,11H2,(H2,20,24)(H,21,22). The van der Waals surface area contributed by atoms with Gasteiger partial charge in [-0.2, -0.15) is 5.10 Å². The molecule has 4 rings (SSSR count). The van der Waals surface area contributed by atoms with Crippen LogP contribution in [0.2, 0.25) is 0 Å². The van der Waals surface area contributed by atoms with E-state index < -0.39 is 5.91 Å². The van der Waals surface area contributed by atoms with Crippen molar-refractivity contribution in [3.8, 4) is 0 Å². The highest BCUT2D eigenvalue weighted by molar-refractivity contribution is 5.90. The topological polar surface area (TPSA) is 92.1 Å². The molecule has 2 aliphatic rings. The number of primary amides is 1. The molecule has 3 N–H and O–H groups in total. The van der Waals surface area contributed by atoms with Gasteiger partial charge in [-0.25, -0.2) is 0 Å². The summed E-state index contributed by atoms with van der Waals surface area (Å²) in [6.07, 6.45) is 3.81. The predicted octanol–water partition coefficient (Wildman–Crippen LogP) is 1.94. The summed E-state index contributed by atoms with van der Waals surface area (Å²) in [6, 6.07) is 9.97. The van der Waals surface area contributed by atoms with E-state index in [4.69, 9.17) is 5.73 Å². The number of aromatic amines is 1. The fourth-order valence-electron chi connectivity index (χ4n) is 4.14. The summed E-state index contributed by atoms with van der Waals surface area (Å²) in [5, 5.41) is 6.88. The van der Waals surface area contributed by atoms with E-state index in [1.165, 1.54) is 11.1 Å². The molecule has 0 saturated carbocycles. The van der Waals surface area contributed by atoms with Gasteiger partial charge in [0.25, 0.3) is 5.91 Å². The van der Waals surface area contributed by atoms with Crippen molar-refractivity contribution in [3.05, 3.63) is 52.8 Å². The first-order valence-electron chi connectivity index (χ1n) is 8.85. The highest BCUT2D eigenvalue weighted by Gasteiger charge is 2.34. The zero-order valence-electron chi connectivity index (χ0n) is 14.1. The number of piperidine rings is 1. The molecule has 2 atom stereocenters. The number of nitrogens with two attached hydrogens (primary N) is 1. The van der Waals surface area contributed by atoms with Crippen LogP contribution in [0.15, 0.2) is 30.3 Å². The maximum absolute atomic E-state index is 13.1. The highest BCUT2D eigenvalue weighted by Crippen LogP contribution is 2.36. The molecule has 2 amide bonds. The minimum Gasteiger partial charge on any atom is -0.364 e. The fourth-order valence-corrected chi connectivity index (χ4v) is 4.14. The second-order valence-electron chi connectivity index (χ2n) is 6.99. The number of benzene rings is 1. The summed E-state index contributed by atoms with van der Waals surface area (Å²) >= 11 is 0. The van der Waals surface area contributed by atoms with Crippen molar-refractivity contribution < 1.29 is 9.59 Å². The molecule has 6 heteroatoms. The maximum Gasteiger partial charge on any atom is 0.269 e. The van der Waals surface area contributed by atoms with Crippen molar-refractivity contribution in [2.75, 3.05) is 13.1 Å². The normalized spacial score (nSPS) is 22.6. The Morgan fingerprint density at radius 1 is 1.24 bits per heavy atom. The van der Waals surface area contributed by atoms with Crippen LogP contribution in [-0.4, -0.2) is 40.0 Å². The molecule has 1 aromatic carbocycles. The van der Waals surface area contributed by atoms with Gasteiger partial charge < -0.3 is 10.6 Å². The van der Waals surface area contributed by atoms with E-state index in [2.05, 4.69) is 22.3 Å². The first-order valence-corrected chi connectivity index (χ1v) is 8.85. The number of likely N-dealkylation sites (tertiary alicyclic amines) is 1. The second-order valence-corrected chi connectivity index (χ2v) is 6.99. The molecule has 1 saturated heterocycles. The third-order valence-electron chi connectivity index (χ3n) is 5.45. The smallest absolute Gasteiger partial charge is 0.269 e. The molecule has 2 aromatic rings. The average molecular weight is 338 g/mol. The van der Waals surface area contributed by atoms with Crippen LogP contribution >= 0.6 is 0 Å². The van der Waals surface area contributed by atoms with E-state index in [1.54, 1.807) is 6.07 Å². The number of aromatic nitrogens is 2. The van der Waals surface area contributed by atoms with Gasteiger partial charge in [0.2, 0.25) is 5.91 Å². The lowest BCUT2D eigenvalue weighted by molar-refractivity contribution is -0.134. The third-order valence-corrected chi connectivity index (χ3v) is 5.45. The van der Waals surface area contributed by atoms with Gasteiger partial charge in [-0.1, -0.05) is 24.3 Å². The molecular formula is C19H22N4O2. The lowest BCUT2D eigenvalue weighted by Gasteiger charge is -2.34. The summed E-state index contributed by atoms with van der Waals surface area (Å²) in [4.78, 5) is 26.3. The summed E-state index contributed by atoms with van der Waals surface area (Å²) < 4.78 is 0. The van der Waals surface area contributed by atoms with Gasteiger partial charge in [0.15, 0.2) is 0 Å². The second kappa shape index (κ2) is 6.35. The van der Waals surface area contributed by atoms with Gasteiger partial charge in [0.1, 0.15) is 5.69 Å². The van der Waals surface area contributed by atoms with E-state index >= 15 is 0 Å². The number of nitrogens with one attached hydrogen (secondary N) is 1. The Morgan fingerprint density at radius 2 is 2.08 bits per heavy atom. The number of nitrogens with zero attached hydrogens (tertiary/aromatic N) is 2. The zero-order chi connectivity index (χ0) is 17.4. The number of carbonyl (C=O) groups excluding carboxylic acids is 2. The Bertz CT molecular complexity index is 813. The van der Waals surface area contributed by atoms with Gasteiger partial charge in [-0.15, -0.1) is 0 Å². The Kier molecular flexibility index (Phi) is 4.03. The SMILES string of the molecule is NC(=O)c1cc(C2CCCN(C(=O)C3CCc4ccccc43)C2)[nH]n1. The zero-order valence-corrected chi connectivity index (χ0v) is 14.1.